The van der Waals surface area contributed by atoms with Gasteiger partial charge in [0.25, 0.3) is 0 Å². The van der Waals surface area contributed by atoms with Gasteiger partial charge in [-0.3, -0.25) is 9.69 Å². The van der Waals surface area contributed by atoms with Gasteiger partial charge in [-0.25, -0.2) is 0 Å². The van der Waals surface area contributed by atoms with E-state index in [1.807, 2.05) is 0 Å². The molecular formula is C15H23N3OS. The maximum atomic E-state index is 11.8. The molecule has 0 saturated carbocycles. The van der Waals surface area contributed by atoms with Crippen molar-refractivity contribution in [3.63, 3.8) is 0 Å². The van der Waals surface area contributed by atoms with Crippen molar-refractivity contribution in [1.82, 2.24) is 15.5 Å². The Morgan fingerprint density at radius 3 is 2.70 bits per heavy atom. The fraction of sp³-hybridized carbons (Fsp3) is 0.533. The first-order valence-corrected chi connectivity index (χ1v) is 8.12. The standard InChI is InChI=1S/C15H23N3OS/c1-13-2-4-14(5-3-13)20-12-15(19)17-8-11-18-9-6-16-7-10-18/h2-5,16H,6-12H2,1H3,(H,17,19). The SMILES string of the molecule is Cc1ccc(SCC(=O)NCCN2CCNCC2)cc1. The first kappa shape index (κ1) is 15.4. The number of aryl methyl sites for hydroxylation is 1. The molecule has 110 valence electrons. The highest BCUT2D eigenvalue weighted by atomic mass is 32.2. The largest absolute Gasteiger partial charge is 0.354 e. The first-order chi connectivity index (χ1) is 9.74. The highest BCUT2D eigenvalue weighted by Crippen LogP contribution is 2.17. The fourth-order valence-electron chi connectivity index (χ4n) is 2.12. The van der Waals surface area contributed by atoms with Gasteiger partial charge in [-0.1, -0.05) is 17.7 Å². The Kier molecular flexibility index (Phi) is 6.36. The number of piperazine rings is 1. The average molecular weight is 293 g/mol. The highest BCUT2D eigenvalue weighted by molar-refractivity contribution is 8.00. The Labute approximate surface area is 125 Å². The minimum absolute atomic E-state index is 0.116. The minimum atomic E-state index is 0.116. The average Bonchev–Trinajstić information content (AvgIpc) is 2.48. The normalized spacial score (nSPS) is 16.1. The van der Waals surface area contributed by atoms with E-state index in [4.69, 9.17) is 0 Å². The lowest BCUT2D eigenvalue weighted by Crippen LogP contribution is -2.46. The van der Waals surface area contributed by atoms with Gasteiger partial charge >= 0.3 is 0 Å². The summed E-state index contributed by atoms with van der Waals surface area (Å²) in [7, 11) is 0. The van der Waals surface area contributed by atoms with Gasteiger partial charge in [0.05, 0.1) is 5.75 Å². The first-order valence-electron chi connectivity index (χ1n) is 7.13. The van der Waals surface area contributed by atoms with Gasteiger partial charge in [0.1, 0.15) is 0 Å². The van der Waals surface area contributed by atoms with Crippen LogP contribution in [0.3, 0.4) is 0 Å². The van der Waals surface area contributed by atoms with Crippen molar-refractivity contribution in [2.24, 2.45) is 0 Å². The fourth-order valence-corrected chi connectivity index (χ4v) is 2.85. The third-order valence-electron chi connectivity index (χ3n) is 3.35. The number of nitrogens with one attached hydrogen (secondary N) is 2. The number of rotatable bonds is 6. The van der Waals surface area contributed by atoms with Crippen LogP contribution in [0.25, 0.3) is 0 Å². The van der Waals surface area contributed by atoms with Gasteiger partial charge in [0, 0.05) is 44.2 Å². The summed E-state index contributed by atoms with van der Waals surface area (Å²) < 4.78 is 0. The second kappa shape index (κ2) is 8.29. The predicted octanol–water partition coefficient (Wildman–Crippen LogP) is 1.11. The van der Waals surface area contributed by atoms with E-state index in [1.165, 1.54) is 5.56 Å². The molecule has 0 aromatic heterocycles. The quantitative estimate of drug-likeness (QED) is 0.771. The summed E-state index contributed by atoms with van der Waals surface area (Å²) in [4.78, 5) is 15.3. The lowest BCUT2D eigenvalue weighted by atomic mass is 10.2. The van der Waals surface area contributed by atoms with Crippen LogP contribution in [0.1, 0.15) is 5.56 Å². The maximum Gasteiger partial charge on any atom is 0.230 e. The second-order valence-corrected chi connectivity index (χ2v) is 6.09. The van der Waals surface area contributed by atoms with Gasteiger partial charge < -0.3 is 10.6 Å². The third-order valence-corrected chi connectivity index (χ3v) is 4.36. The van der Waals surface area contributed by atoms with Gasteiger partial charge in [-0.2, -0.15) is 0 Å². The van der Waals surface area contributed by atoms with Gasteiger partial charge in [-0.15, -0.1) is 11.8 Å². The topological polar surface area (TPSA) is 44.4 Å². The molecule has 0 spiro atoms. The molecule has 0 atom stereocenters. The number of thioether (sulfide) groups is 1. The van der Waals surface area contributed by atoms with E-state index >= 15 is 0 Å². The number of nitrogens with zero attached hydrogens (tertiary/aromatic N) is 1. The molecule has 1 saturated heterocycles. The van der Waals surface area contributed by atoms with E-state index in [9.17, 15) is 4.79 Å². The lowest BCUT2D eigenvalue weighted by Gasteiger charge is -2.27. The van der Waals surface area contributed by atoms with Crippen LogP contribution in [0.15, 0.2) is 29.2 Å². The lowest BCUT2D eigenvalue weighted by molar-refractivity contribution is -0.118. The Balaban J connectivity index is 1.59. The smallest absolute Gasteiger partial charge is 0.230 e. The molecule has 2 rings (SSSR count). The molecule has 20 heavy (non-hydrogen) atoms. The minimum Gasteiger partial charge on any atom is -0.354 e. The second-order valence-electron chi connectivity index (χ2n) is 5.04. The summed E-state index contributed by atoms with van der Waals surface area (Å²) in [5.74, 6) is 0.607. The Hall–Kier alpha value is -1.04. The molecule has 0 unspecified atom stereocenters. The summed E-state index contributed by atoms with van der Waals surface area (Å²) in [5, 5.41) is 6.31. The van der Waals surface area contributed by atoms with Crippen molar-refractivity contribution in [2.45, 2.75) is 11.8 Å². The number of carbonyl (C=O) groups is 1. The Bertz CT molecular complexity index is 416. The number of carbonyl (C=O) groups excluding carboxylic acids is 1. The van der Waals surface area contributed by atoms with E-state index < -0.39 is 0 Å². The zero-order valence-electron chi connectivity index (χ0n) is 12.0. The molecule has 5 heteroatoms. The van der Waals surface area contributed by atoms with Crippen molar-refractivity contribution in [1.29, 1.82) is 0 Å². The molecule has 1 aliphatic heterocycles. The van der Waals surface area contributed by atoms with E-state index in [-0.39, 0.29) is 5.91 Å². The van der Waals surface area contributed by atoms with Crippen LogP contribution in [0.2, 0.25) is 0 Å². The predicted molar refractivity (Wildman–Crippen MR) is 84.2 cm³/mol. The molecule has 1 aromatic rings. The summed E-state index contributed by atoms with van der Waals surface area (Å²) in [6, 6.07) is 8.28. The van der Waals surface area contributed by atoms with Crippen molar-refractivity contribution >= 4 is 17.7 Å². The van der Waals surface area contributed by atoms with Crippen molar-refractivity contribution in [3.8, 4) is 0 Å². The van der Waals surface area contributed by atoms with Crippen LogP contribution >= 0.6 is 11.8 Å². The van der Waals surface area contributed by atoms with Crippen molar-refractivity contribution in [3.05, 3.63) is 29.8 Å². The van der Waals surface area contributed by atoms with E-state index in [0.717, 1.165) is 44.2 Å². The molecule has 1 fully saturated rings. The molecule has 0 bridgehead atoms. The molecule has 1 aliphatic rings. The molecule has 2 N–H and O–H groups in total. The highest BCUT2D eigenvalue weighted by Gasteiger charge is 2.09. The van der Waals surface area contributed by atoms with Crippen LogP contribution in [-0.2, 0) is 4.79 Å². The zero-order valence-corrected chi connectivity index (χ0v) is 12.8. The third kappa shape index (κ3) is 5.53. The number of amides is 1. The van der Waals surface area contributed by atoms with Crippen LogP contribution in [0, 0.1) is 6.92 Å². The zero-order chi connectivity index (χ0) is 14.2. The summed E-state index contributed by atoms with van der Waals surface area (Å²) in [5.41, 5.74) is 1.25. The molecule has 0 aliphatic carbocycles. The molecular weight excluding hydrogens is 270 g/mol. The van der Waals surface area contributed by atoms with Crippen molar-refractivity contribution < 1.29 is 4.79 Å². The summed E-state index contributed by atoms with van der Waals surface area (Å²) in [6.07, 6.45) is 0. The van der Waals surface area contributed by atoms with Gasteiger partial charge in [0.15, 0.2) is 0 Å². The Morgan fingerprint density at radius 2 is 2.00 bits per heavy atom. The monoisotopic (exact) mass is 293 g/mol. The van der Waals surface area contributed by atoms with E-state index in [1.54, 1.807) is 11.8 Å². The number of hydrogen-bond acceptors (Lipinski definition) is 4. The van der Waals surface area contributed by atoms with Crippen molar-refractivity contribution in [2.75, 3.05) is 45.0 Å². The number of benzene rings is 1. The van der Waals surface area contributed by atoms with Crippen LogP contribution in [0.4, 0.5) is 0 Å². The van der Waals surface area contributed by atoms with E-state index in [2.05, 4.69) is 46.7 Å². The molecule has 1 amide bonds. The van der Waals surface area contributed by atoms with E-state index in [0.29, 0.717) is 5.75 Å². The summed E-state index contributed by atoms with van der Waals surface area (Å²) in [6.45, 7) is 8.02. The molecule has 1 heterocycles. The molecule has 4 nitrogen and oxygen atoms in total. The van der Waals surface area contributed by atoms with Crippen LogP contribution in [0.5, 0.6) is 0 Å². The maximum absolute atomic E-state index is 11.8. The Morgan fingerprint density at radius 1 is 1.30 bits per heavy atom. The molecule has 1 aromatic carbocycles. The van der Waals surface area contributed by atoms with Crippen LogP contribution in [-0.4, -0.2) is 55.8 Å². The van der Waals surface area contributed by atoms with Crippen LogP contribution < -0.4 is 10.6 Å². The number of hydrogen-bond donors (Lipinski definition) is 2. The van der Waals surface area contributed by atoms with Gasteiger partial charge in [0.2, 0.25) is 5.91 Å². The molecule has 0 radical (unpaired) electrons. The van der Waals surface area contributed by atoms with Gasteiger partial charge in [-0.05, 0) is 19.1 Å². The summed E-state index contributed by atoms with van der Waals surface area (Å²) >= 11 is 1.59.